The summed E-state index contributed by atoms with van der Waals surface area (Å²) in [6.07, 6.45) is 4.05. The zero-order valence-electron chi connectivity index (χ0n) is 14.9. The van der Waals surface area contributed by atoms with Crippen molar-refractivity contribution in [2.24, 2.45) is 0 Å². The maximum atomic E-state index is 12.7. The Kier molecular flexibility index (Phi) is 7.26. The lowest BCUT2D eigenvalue weighted by molar-refractivity contribution is -0.133. The lowest BCUT2D eigenvalue weighted by Gasteiger charge is -2.29. The van der Waals surface area contributed by atoms with Gasteiger partial charge in [0.05, 0.1) is 6.04 Å². The van der Waals surface area contributed by atoms with Crippen molar-refractivity contribution in [1.29, 1.82) is 0 Å². The van der Waals surface area contributed by atoms with E-state index in [2.05, 4.69) is 5.32 Å². The molecule has 1 atom stereocenters. The molecule has 3 rings (SSSR count). The fourth-order valence-electron chi connectivity index (χ4n) is 3.58. The van der Waals surface area contributed by atoms with Crippen molar-refractivity contribution in [1.82, 2.24) is 15.1 Å². The molecule has 0 bridgehead atoms. The topological polar surface area (TPSA) is 52.7 Å². The number of halogens is 1. The lowest BCUT2D eigenvalue weighted by Crippen LogP contribution is -2.49. The van der Waals surface area contributed by atoms with Crippen LogP contribution >= 0.6 is 12.4 Å². The summed E-state index contributed by atoms with van der Waals surface area (Å²) in [5.41, 5.74) is 1.83. The summed E-state index contributed by atoms with van der Waals surface area (Å²) in [6.45, 7) is 5.64. The Morgan fingerprint density at radius 3 is 2.52 bits per heavy atom. The van der Waals surface area contributed by atoms with Gasteiger partial charge < -0.3 is 15.1 Å². The molecule has 0 spiro atoms. The zero-order valence-corrected chi connectivity index (χ0v) is 15.7. The Morgan fingerprint density at radius 1 is 1.04 bits per heavy atom. The van der Waals surface area contributed by atoms with E-state index >= 15 is 0 Å². The number of amides is 2. The second kappa shape index (κ2) is 9.20. The SMILES string of the molecule is Cc1cccc(C(=O)N2CCCN(C(=O)C3CCCCN3)CC2)c1.Cl. The molecule has 2 aliphatic rings. The van der Waals surface area contributed by atoms with E-state index < -0.39 is 0 Å². The van der Waals surface area contributed by atoms with E-state index in [1.165, 1.54) is 0 Å². The molecule has 138 valence electrons. The molecule has 2 heterocycles. The van der Waals surface area contributed by atoms with Crippen molar-refractivity contribution < 1.29 is 9.59 Å². The molecule has 1 aromatic carbocycles. The van der Waals surface area contributed by atoms with Crippen LogP contribution in [0.25, 0.3) is 0 Å². The predicted molar refractivity (Wildman–Crippen MR) is 101 cm³/mol. The molecule has 0 saturated carbocycles. The molecule has 2 fully saturated rings. The van der Waals surface area contributed by atoms with E-state index in [0.717, 1.165) is 49.9 Å². The van der Waals surface area contributed by atoms with Gasteiger partial charge in [-0.2, -0.15) is 0 Å². The number of nitrogens with one attached hydrogen (secondary N) is 1. The van der Waals surface area contributed by atoms with Crippen LogP contribution in [0.1, 0.15) is 41.6 Å². The number of piperidine rings is 1. The number of rotatable bonds is 2. The normalized spacial score (nSPS) is 21.2. The fraction of sp³-hybridized carbons (Fsp3) is 0.579. The molecule has 2 saturated heterocycles. The van der Waals surface area contributed by atoms with E-state index in [1.807, 2.05) is 41.0 Å². The number of nitrogens with zero attached hydrogens (tertiary/aromatic N) is 2. The maximum Gasteiger partial charge on any atom is 0.253 e. The van der Waals surface area contributed by atoms with Crippen molar-refractivity contribution in [2.45, 2.75) is 38.6 Å². The van der Waals surface area contributed by atoms with E-state index in [-0.39, 0.29) is 30.3 Å². The smallest absolute Gasteiger partial charge is 0.253 e. The first kappa shape index (κ1) is 19.7. The van der Waals surface area contributed by atoms with Crippen LogP contribution in [0.2, 0.25) is 0 Å². The monoisotopic (exact) mass is 365 g/mol. The van der Waals surface area contributed by atoms with Gasteiger partial charge in [0.25, 0.3) is 5.91 Å². The summed E-state index contributed by atoms with van der Waals surface area (Å²) in [4.78, 5) is 29.2. The van der Waals surface area contributed by atoms with Crippen molar-refractivity contribution >= 4 is 24.2 Å². The quantitative estimate of drug-likeness (QED) is 0.874. The summed E-state index contributed by atoms with van der Waals surface area (Å²) in [6, 6.07) is 7.69. The van der Waals surface area contributed by atoms with Crippen LogP contribution < -0.4 is 5.32 Å². The zero-order chi connectivity index (χ0) is 16.9. The van der Waals surface area contributed by atoms with Crippen LogP contribution in [0, 0.1) is 6.92 Å². The van der Waals surface area contributed by atoms with Crippen LogP contribution in [-0.2, 0) is 4.79 Å². The van der Waals surface area contributed by atoms with Gasteiger partial charge in [0, 0.05) is 31.7 Å². The summed E-state index contributed by atoms with van der Waals surface area (Å²) in [5, 5.41) is 3.33. The van der Waals surface area contributed by atoms with E-state index in [0.29, 0.717) is 19.6 Å². The van der Waals surface area contributed by atoms with Crippen LogP contribution in [0.4, 0.5) is 0 Å². The minimum Gasteiger partial charge on any atom is -0.340 e. The van der Waals surface area contributed by atoms with Gasteiger partial charge in [0.15, 0.2) is 0 Å². The van der Waals surface area contributed by atoms with Crippen molar-refractivity contribution in [2.75, 3.05) is 32.7 Å². The van der Waals surface area contributed by atoms with Gasteiger partial charge in [0.1, 0.15) is 0 Å². The Balaban J connectivity index is 0.00000225. The molecule has 1 unspecified atom stereocenters. The van der Waals surface area contributed by atoms with Gasteiger partial charge in [-0.25, -0.2) is 0 Å². The average Bonchev–Trinajstić information content (AvgIpc) is 2.87. The second-order valence-corrected chi connectivity index (χ2v) is 6.84. The molecule has 2 aliphatic heterocycles. The van der Waals surface area contributed by atoms with Crippen LogP contribution in [0.5, 0.6) is 0 Å². The predicted octanol–water partition coefficient (Wildman–Crippen LogP) is 2.23. The highest BCUT2D eigenvalue weighted by molar-refractivity contribution is 5.94. The van der Waals surface area contributed by atoms with Crippen LogP contribution in [-0.4, -0.2) is 60.4 Å². The molecule has 0 aromatic heterocycles. The Bertz CT molecular complexity index is 602. The fourth-order valence-corrected chi connectivity index (χ4v) is 3.58. The van der Waals surface area contributed by atoms with E-state index in [1.54, 1.807) is 0 Å². The molecule has 0 aliphatic carbocycles. The maximum absolute atomic E-state index is 12.7. The third kappa shape index (κ3) is 4.95. The summed E-state index contributed by atoms with van der Waals surface area (Å²) in [5.74, 6) is 0.281. The minimum atomic E-state index is -0.0298. The molecule has 25 heavy (non-hydrogen) atoms. The highest BCUT2D eigenvalue weighted by Crippen LogP contribution is 2.14. The number of benzene rings is 1. The van der Waals surface area contributed by atoms with Crippen molar-refractivity contribution in [3.8, 4) is 0 Å². The first-order chi connectivity index (χ1) is 11.6. The minimum absolute atomic E-state index is 0. The van der Waals surface area contributed by atoms with Crippen LogP contribution in [0.3, 0.4) is 0 Å². The Morgan fingerprint density at radius 2 is 1.80 bits per heavy atom. The highest BCUT2D eigenvalue weighted by atomic mass is 35.5. The molecule has 1 N–H and O–H groups in total. The number of carbonyl (C=O) groups excluding carboxylic acids is 2. The second-order valence-electron chi connectivity index (χ2n) is 6.84. The first-order valence-corrected chi connectivity index (χ1v) is 9.03. The number of aryl methyl sites for hydroxylation is 1. The molecule has 5 nitrogen and oxygen atoms in total. The first-order valence-electron chi connectivity index (χ1n) is 9.03. The highest BCUT2D eigenvalue weighted by Gasteiger charge is 2.28. The summed E-state index contributed by atoms with van der Waals surface area (Å²) < 4.78 is 0. The van der Waals surface area contributed by atoms with Crippen molar-refractivity contribution in [3.05, 3.63) is 35.4 Å². The van der Waals surface area contributed by atoms with Gasteiger partial charge in [0.2, 0.25) is 5.91 Å². The number of carbonyl (C=O) groups is 2. The standard InChI is InChI=1S/C19H27N3O2.ClH/c1-15-6-4-7-16(14-15)18(23)21-10-5-11-22(13-12-21)19(24)17-8-2-3-9-20-17;/h4,6-7,14,17,20H,2-3,5,8-13H2,1H3;1H. The molecule has 1 aromatic rings. The van der Waals surface area contributed by atoms with Gasteiger partial charge >= 0.3 is 0 Å². The largest absolute Gasteiger partial charge is 0.340 e. The Hall–Kier alpha value is -1.59. The van der Waals surface area contributed by atoms with Gasteiger partial charge in [-0.15, -0.1) is 12.4 Å². The van der Waals surface area contributed by atoms with Gasteiger partial charge in [-0.05, 0) is 44.9 Å². The van der Waals surface area contributed by atoms with Crippen LogP contribution in [0.15, 0.2) is 24.3 Å². The molecule has 6 heteroatoms. The summed E-state index contributed by atoms with van der Waals surface area (Å²) >= 11 is 0. The molecular weight excluding hydrogens is 338 g/mol. The Labute approximate surface area is 156 Å². The number of hydrogen-bond acceptors (Lipinski definition) is 3. The molecule has 2 amide bonds. The van der Waals surface area contributed by atoms with Crippen molar-refractivity contribution in [3.63, 3.8) is 0 Å². The lowest BCUT2D eigenvalue weighted by atomic mass is 10.0. The van der Waals surface area contributed by atoms with E-state index in [9.17, 15) is 9.59 Å². The third-order valence-electron chi connectivity index (χ3n) is 4.97. The summed E-state index contributed by atoms with van der Waals surface area (Å²) in [7, 11) is 0. The number of hydrogen-bond donors (Lipinski definition) is 1. The van der Waals surface area contributed by atoms with E-state index in [4.69, 9.17) is 0 Å². The molecular formula is C19H28ClN3O2. The van der Waals surface area contributed by atoms with Gasteiger partial charge in [-0.1, -0.05) is 24.1 Å². The van der Waals surface area contributed by atoms with Gasteiger partial charge in [-0.3, -0.25) is 9.59 Å². The average molecular weight is 366 g/mol. The molecule has 0 radical (unpaired) electrons. The third-order valence-corrected chi connectivity index (χ3v) is 4.97.